The van der Waals surface area contributed by atoms with E-state index in [1.165, 1.54) is 0 Å². The quantitative estimate of drug-likeness (QED) is 0.393. The zero-order chi connectivity index (χ0) is 27.8. The van der Waals surface area contributed by atoms with Crippen LogP contribution in [0.4, 0.5) is 4.79 Å². The summed E-state index contributed by atoms with van der Waals surface area (Å²) in [6, 6.07) is 4.26. The number of carbonyl (C=O) groups excluding carboxylic acids is 3. The zero-order valence-electron chi connectivity index (χ0n) is 24.4. The highest BCUT2D eigenvalue weighted by Crippen LogP contribution is 2.32. The van der Waals surface area contributed by atoms with Gasteiger partial charge in [-0.05, 0) is 73.3 Å². The molecule has 1 rings (SSSR count). The Hall–Kier alpha value is -2.57. The summed E-state index contributed by atoms with van der Waals surface area (Å²) in [6.45, 7) is 21.4. The van der Waals surface area contributed by atoms with Crippen molar-refractivity contribution in [3.8, 4) is 0 Å². The molecular weight excluding hydrogens is 454 g/mol. The van der Waals surface area contributed by atoms with Gasteiger partial charge in [-0.25, -0.2) is 4.79 Å². The Bertz CT molecular complexity index is 877. The number of alkyl carbamates (subject to hydrolysis) is 1. The Balaban J connectivity index is 3.53. The van der Waals surface area contributed by atoms with Crippen LogP contribution in [0.5, 0.6) is 0 Å². The van der Waals surface area contributed by atoms with Crippen molar-refractivity contribution in [2.24, 2.45) is 5.92 Å². The molecule has 1 aromatic rings. The molecule has 2 N–H and O–H groups in total. The van der Waals surface area contributed by atoms with Gasteiger partial charge in [-0.1, -0.05) is 62.9 Å². The Morgan fingerprint density at radius 1 is 0.944 bits per heavy atom. The molecule has 0 radical (unpaired) electrons. The van der Waals surface area contributed by atoms with Crippen LogP contribution in [0.3, 0.4) is 0 Å². The molecule has 0 spiro atoms. The van der Waals surface area contributed by atoms with E-state index in [0.717, 1.165) is 36.0 Å². The summed E-state index contributed by atoms with van der Waals surface area (Å²) in [5.74, 6) is -0.766. The minimum absolute atomic E-state index is 0.220. The number of ether oxygens (including phenoxy) is 1. The summed E-state index contributed by atoms with van der Waals surface area (Å²) >= 11 is 0. The average Bonchev–Trinajstić information content (AvgIpc) is 2.69. The Kier molecular flexibility index (Phi) is 11.5. The van der Waals surface area contributed by atoms with Gasteiger partial charge in [0.15, 0.2) is 0 Å². The summed E-state index contributed by atoms with van der Waals surface area (Å²) in [7, 11) is 0. The van der Waals surface area contributed by atoms with Crippen molar-refractivity contribution >= 4 is 17.9 Å². The second-order valence-electron chi connectivity index (χ2n) is 12.1. The third kappa shape index (κ3) is 9.82. The topological polar surface area (TPSA) is 87.7 Å². The third-order valence-electron chi connectivity index (χ3n) is 5.71. The van der Waals surface area contributed by atoms with E-state index in [1.54, 1.807) is 25.7 Å². The van der Waals surface area contributed by atoms with Crippen LogP contribution in [0.2, 0.25) is 0 Å². The van der Waals surface area contributed by atoms with Crippen LogP contribution in [-0.2, 0) is 14.3 Å². The number of amides is 3. The lowest BCUT2D eigenvalue weighted by atomic mass is 9.92. The van der Waals surface area contributed by atoms with Gasteiger partial charge in [0.25, 0.3) is 0 Å². The van der Waals surface area contributed by atoms with Gasteiger partial charge in [-0.3, -0.25) is 9.59 Å². The normalized spacial score (nSPS) is 13.7. The van der Waals surface area contributed by atoms with Crippen LogP contribution in [0, 0.1) is 19.8 Å². The molecule has 204 valence electrons. The fraction of sp³-hybridized carbons (Fsp3) is 0.690. The molecule has 2 unspecified atom stereocenters. The maximum absolute atomic E-state index is 14.2. The lowest BCUT2D eigenvalue weighted by Gasteiger charge is -2.43. The number of nitrogens with zero attached hydrogens (tertiary/aromatic N) is 1. The van der Waals surface area contributed by atoms with Gasteiger partial charge in [0.1, 0.15) is 17.7 Å². The molecular formula is C29H49N3O4. The molecule has 0 aliphatic rings. The molecule has 0 fully saturated rings. The first kappa shape index (κ1) is 31.5. The first-order chi connectivity index (χ1) is 16.5. The molecule has 7 nitrogen and oxygen atoms in total. The summed E-state index contributed by atoms with van der Waals surface area (Å²) in [5.41, 5.74) is 1.38. The second kappa shape index (κ2) is 13.1. The minimum atomic E-state index is -0.861. The molecule has 0 saturated carbocycles. The Morgan fingerprint density at radius 3 is 1.94 bits per heavy atom. The number of unbranched alkanes of at least 4 members (excludes halogenated alkanes) is 2. The molecule has 3 amide bonds. The standard InChI is InChI=1S/C29H49N3O4/c1-12-13-14-15-30-25(33)24(22-17-20(4)16-21(5)18-22)32(28(6,7)8)26(34)23(19(2)3)31-27(35)36-29(9,10)11/h16-19,23-24H,12-15H2,1-11H3,(H,30,33)(H,31,35). The molecule has 36 heavy (non-hydrogen) atoms. The van der Waals surface area contributed by atoms with Gasteiger partial charge in [-0.15, -0.1) is 0 Å². The van der Waals surface area contributed by atoms with Crippen LogP contribution in [0.1, 0.15) is 104 Å². The van der Waals surface area contributed by atoms with Gasteiger partial charge >= 0.3 is 6.09 Å². The molecule has 0 saturated heterocycles. The van der Waals surface area contributed by atoms with Gasteiger partial charge in [0.2, 0.25) is 11.8 Å². The minimum Gasteiger partial charge on any atom is -0.444 e. The zero-order valence-corrected chi connectivity index (χ0v) is 24.4. The molecule has 0 aliphatic heterocycles. The van der Waals surface area contributed by atoms with E-state index in [9.17, 15) is 14.4 Å². The van der Waals surface area contributed by atoms with Gasteiger partial charge in [0, 0.05) is 12.1 Å². The highest BCUT2D eigenvalue weighted by Gasteiger charge is 2.42. The molecule has 0 heterocycles. The molecule has 0 bridgehead atoms. The molecule has 2 atom stereocenters. The van der Waals surface area contributed by atoms with Gasteiger partial charge < -0.3 is 20.3 Å². The predicted molar refractivity (Wildman–Crippen MR) is 146 cm³/mol. The number of carbonyl (C=O) groups is 3. The highest BCUT2D eigenvalue weighted by atomic mass is 16.6. The maximum Gasteiger partial charge on any atom is 0.408 e. The van der Waals surface area contributed by atoms with Crippen molar-refractivity contribution < 1.29 is 19.1 Å². The van der Waals surface area contributed by atoms with Crippen molar-refractivity contribution in [3.63, 3.8) is 0 Å². The van der Waals surface area contributed by atoms with E-state index in [2.05, 4.69) is 17.6 Å². The van der Waals surface area contributed by atoms with E-state index in [0.29, 0.717) is 6.54 Å². The van der Waals surface area contributed by atoms with Crippen molar-refractivity contribution in [2.45, 2.75) is 119 Å². The second-order valence-corrected chi connectivity index (χ2v) is 12.1. The van der Waals surface area contributed by atoms with Crippen molar-refractivity contribution in [1.82, 2.24) is 15.5 Å². The van der Waals surface area contributed by atoms with Crippen LogP contribution in [0.15, 0.2) is 18.2 Å². The SMILES string of the molecule is CCCCCNC(=O)C(c1cc(C)cc(C)c1)N(C(=O)C(NC(=O)OC(C)(C)C)C(C)C)C(C)(C)C. The number of hydrogen-bond acceptors (Lipinski definition) is 4. The first-order valence-electron chi connectivity index (χ1n) is 13.2. The molecule has 0 aliphatic carbocycles. The van der Waals surface area contributed by atoms with Crippen LogP contribution in [-0.4, -0.2) is 46.5 Å². The number of rotatable bonds is 10. The van der Waals surface area contributed by atoms with Gasteiger partial charge in [0.05, 0.1) is 0 Å². The van der Waals surface area contributed by atoms with Crippen LogP contribution < -0.4 is 10.6 Å². The fourth-order valence-corrected chi connectivity index (χ4v) is 4.21. The van der Waals surface area contributed by atoms with Crippen LogP contribution >= 0.6 is 0 Å². The summed E-state index contributed by atoms with van der Waals surface area (Å²) < 4.78 is 5.43. The molecule has 0 aromatic heterocycles. The first-order valence-corrected chi connectivity index (χ1v) is 13.2. The van der Waals surface area contributed by atoms with E-state index in [4.69, 9.17) is 4.74 Å². The predicted octanol–water partition coefficient (Wildman–Crippen LogP) is 5.83. The lowest BCUT2D eigenvalue weighted by molar-refractivity contribution is -0.149. The van der Waals surface area contributed by atoms with E-state index < -0.39 is 29.3 Å². The number of hydrogen-bond donors (Lipinski definition) is 2. The van der Waals surface area contributed by atoms with E-state index in [1.807, 2.05) is 66.7 Å². The monoisotopic (exact) mass is 503 g/mol. The molecule has 7 heteroatoms. The third-order valence-corrected chi connectivity index (χ3v) is 5.71. The smallest absolute Gasteiger partial charge is 0.408 e. The van der Waals surface area contributed by atoms with E-state index >= 15 is 0 Å². The fourth-order valence-electron chi connectivity index (χ4n) is 4.21. The van der Waals surface area contributed by atoms with Crippen LogP contribution in [0.25, 0.3) is 0 Å². The van der Waals surface area contributed by atoms with Crippen molar-refractivity contribution in [3.05, 3.63) is 34.9 Å². The van der Waals surface area contributed by atoms with Crippen molar-refractivity contribution in [2.75, 3.05) is 6.54 Å². The summed E-state index contributed by atoms with van der Waals surface area (Å²) in [4.78, 5) is 42.1. The number of benzene rings is 1. The molecule has 1 aromatic carbocycles. The summed E-state index contributed by atoms with van der Waals surface area (Å²) in [5, 5.41) is 5.83. The average molecular weight is 504 g/mol. The number of nitrogens with one attached hydrogen (secondary N) is 2. The highest BCUT2D eigenvalue weighted by molar-refractivity contribution is 5.92. The largest absolute Gasteiger partial charge is 0.444 e. The van der Waals surface area contributed by atoms with Gasteiger partial charge in [-0.2, -0.15) is 0 Å². The number of aryl methyl sites for hydroxylation is 2. The van der Waals surface area contributed by atoms with Crippen molar-refractivity contribution in [1.29, 1.82) is 0 Å². The van der Waals surface area contributed by atoms with E-state index in [-0.39, 0.29) is 17.7 Å². The Morgan fingerprint density at radius 2 is 1.50 bits per heavy atom. The maximum atomic E-state index is 14.2. The lowest BCUT2D eigenvalue weighted by Crippen LogP contribution is -2.59. The Labute approximate surface area is 218 Å². The summed E-state index contributed by atoms with van der Waals surface area (Å²) in [6.07, 6.45) is 2.29.